The molecular weight excluding hydrogens is 296 g/mol. The van der Waals surface area contributed by atoms with Crippen molar-refractivity contribution in [1.82, 2.24) is 0 Å². The summed E-state index contributed by atoms with van der Waals surface area (Å²) >= 11 is 5.96. The molecule has 6 nitrogen and oxygen atoms in total. The summed E-state index contributed by atoms with van der Waals surface area (Å²) in [7, 11) is 1.29. The number of hydrogen-bond acceptors (Lipinski definition) is 4. The van der Waals surface area contributed by atoms with Crippen LogP contribution in [0.4, 0.5) is 11.4 Å². The second kappa shape index (κ2) is 6.13. The lowest BCUT2D eigenvalue weighted by atomic mass is 10.1. The molecule has 1 saturated heterocycles. The Bertz CT molecular complexity index is 603. The van der Waals surface area contributed by atoms with Crippen LogP contribution in [0.15, 0.2) is 18.2 Å². The Kier molecular flexibility index (Phi) is 4.47. The van der Waals surface area contributed by atoms with E-state index in [1.165, 1.54) is 18.9 Å². The van der Waals surface area contributed by atoms with Crippen LogP contribution >= 0.6 is 11.6 Å². The number of hydrogen-bond donors (Lipinski definition) is 1. The lowest BCUT2D eigenvalue weighted by Crippen LogP contribution is -2.27. The van der Waals surface area contributed by atoms with Gasteiger partial charge in [0.05, 0.1) is 24.4 Å². The van der Waals surface area contributed by atoms with E-state index in [0.29, 0.717) is 16.4 Å². The smallest absolute Gasteiger partial charge is 0.311 e. The molecule has 0 aromatic heterocycles. The molecule has 7 heteroatoms. The first-order valence-corrected chi connectivity index (χ1v) is 6.75. The average Bonchev–Trinajstić information content (AvgIpc) is 2.81. The van der Waals surface area contributed by atoms with Crippen LogP contribution in [0.3, 0.4) is 0 Å². The predicted molar refractivity (Wildman–Crippen MR) is 78.2 cm³/mol. The quantitative estimate of drug-likeness (QED) is 0.864. The van der Waals surface area contributed by atoms with Gasteiger partial charge in [0.2, 0.25) is 11.8 Å². The number of ether oxygens (including phenoxy) is 1. The van der Waals surface area contributed by atoms with E-state index in [0.717, 1.165) is 0 Å². The van der Waals surface area contributed by atoms with E-state index in [1.807, 2.05) is 0 Å². The van der Waals surface area contributed by atoms with Crippen LogP contribution in [0.2, 0.25) is 5.02 Å². The third-order valence-corrected chi connectivity index (χ3v) is 3.46. The maximum absolute atomic E-state index is 12.1. The van der Waals surface area contributed by atoms with E-state index in [4.69, 9.17) is 11.6 Å². The van der Waals surface area contributed by atoms with Gasteiger partial charge in [0.15, 0.2) is 0 Å². The van der Waals surface area contributed by atoms with Crippen LogP contribution in [0, 0.1) is 5.92 Å². The summed E-state index contributed by atoms with van der Waals surface area (Å²) in [4.78, 5) is 36.4. The van der Waals surface area contributed by atoms with Crippen molar-refractivity contribution < 1.29 is 19.1 Å². The van der Waals surface area contributed by atoms with Crippen LogP contribution in [-0.4, -0.2) is 31.4 Å². The summed E-state index contributed by atoms with van der Waals surface area (Å²) in [6, 6.07) is 4.83. The number of nitrogens with zero attached hydrogens (tertiary/aromatic N) is 1. The van der Waals surface area contributed by atoms with Gasteiger partial charge >= 0.3 is 5.97 Å². The molecule has 1 unspecified atom stereocenters. The molecule has 0 radical (unpaired) electrons. The summed E-state index contributed by atoms with van der Waals surface area (Å²) < 4.78 is 4.67. The SMILES string of the molecule is COC(=O)C1CC(=O)N(c2cc(Cl)ccc2NC(C)=O)C1. The molecule has 1 fully saturated rings. The number of carbonyl (C=O) groups excluding carboxylic acids is 3. The first-order chi connectivity index (χ1) is 9.92. The van der Waals surface area contributed by atoms with Gasteiger partial charge in [-0.05, 0) is 18.2 Å². The summed E-state index contributed by atoms with van der Waals surface area (Å²) in [5, 5.41) is 3.09. The predicted octanol–water partition coefficient (Wildman–Crippen LogP) is 1.82. The molecule has 1 aliphatic rings. The Morgan fingerprint density at radius 3 is 2.76 bits per heavy atom. The molecule has 0 aliphatic carbocycles. The molecule has 1 N–H and O–H groups in total. The van der Waals surface area contributed by atoms with Crippen LogP contribution in [0.25, 0.3) is 0 Å². The molecule has 1 aromatic rings. The number of methoxy groups -OCH3 is 1. The molecule has 1 aliphatic heterocycles. The number of esters is 1. The molecule has 1 aromatic carbocycles. The van der Waals surface area contributed by atoms with Crippen molar-refractivity contribution in [2.24, 2.45) is 5.92 Å². The van der Waals surface area contributed by atoms with E-state index in [-0.39, 0.29) is 24.8 Å². The van der Waals surface area contributed by atoms with Crippen molar-refractivity contribution in [2.75, 3.05) is 23.9 Å². The summed E-state index contributed by atoms with van der Waals surface area (Å²) in [5.41, 5.74) is 0.958. The number of rotatable bonds is 3. The van der Waals surface area contributed by atoms with Crippen molar-refractivity contribution >= 4 is 40.8 Å². The fraction of sp³-hybridized carbons (Fsp3) is 0.357. The van der Waals surface area contributed by atoms with Gasteiger partial charge in [-0.25, -0.2) is 0 Å². The molecule has 0 spiro atoms. The zero-order valence-corrected chi connectivity index (χ0v) is 12.4. The topological polar surface area (TPSA) is 75.7 Å². The third-order valence-electron chi connectivity index (χ3n) is 3.22. The Morgan fingerprint density at radius 2 is 2.14 bits per heavy atom. The highest BCUT2D eigenvalue weighted by atomic mass is 35.5. The third kappa shape index (κ3) is 3.33. The molecule has 1 atom stereocenters. The highest BCUT2D eigenvalue weighted by Gasteiger charge is 2.36. The van der Waals surface area contributed by atoms with Crippen LogP contribution in [-0.2, 0) is 19.1 Å². The summed E-state index contributed by atoms with van der Waals surface area (Å²) in [6.45, 7) is 1.58. The van der Waals surface area contributed by atoms with Crippen LogP contribution < -0.4 is 10.2 Å². The molecular formula is C14H15ClN2O4. The van der Waals surface area contributed by atoms with Gasteiger partial charge in [0.1, 0.15) is 0 Å². The van der Waals surface area contributed by atoms with Gasteiger partial charge in [-0.1, -0.05) is 11.6 Å². The van der Waals surface area contributed by atoms with E-state index >= 15 is 0 Å². The number of anilines is 2. The molecule has 0 bridgehead atoms. The van der Waals surface area contributed by atoms with Crippen molar-refractivity contribution in [2.45, 2.75) is 13.3 Å². The minimum Gasteiger partial charge on any atom is -0.469 e. The zero-order valence-electron chi connectivity index (χ0n) is 11.7. The lowest BCUT2D eigenvalue weighted by molar-refractivity contribution is -0.145. The van der Waals surface area contributed by atoms with Gasteiger partial charge in [0, 0.05) is 24.9 Å². The van der Waals surface area contributed by atoms with E-state index < -0.39 is 11.9 Å². The second-order valence-electron chi connectivity index (χ2n) is 4.77. The summed E-state index contributed by atoms with van der Waals surface area (Å²) in [5.74, 6) is -1.39. The van der Waals surface area contributed by atoms with E-state index in [2.05, 4.69) is 10.1 Å². The van der Waals surface area contributed by atoms with Crippen molar-refractivity contribution in [3.63, 3.8) is 0 Å². The van der Waals surface area contributed by atoms with Gasteiger partial charge in [-0.3, -0.25) is 14.4 Å². The highest BCUT2D eigenvalue weighted by Crippen LogP contribution is 2.34. The van der Waals surface area contributed by atoms with Gasteiger partial charge in [-0.15, -0.1) is 0 Å². The molecule has 0 saturated carbocycles. The second-order valence-corrected chi connectivity index (χ2v) is 5.21. The maximum atomic E-state index is 12.1. The molecule has 112 valence electrons. The largest absolute Gasteiger partial charge is 0.469 e. The maximum Gasteiger partial charge on any atom is 0.311 e. The van der Waals surface area contributed by atoms with Crippen molar-refractivity contribution in [3.05, 3.63) is 23.2 Å². The Balaban J connectivity index is 2.32. The Hall–Kier alpha value is -2.08. The fourth-order valence-electron chi connectivity index (χ4n) is 2.29. The van der Waals surface area contributed by atoms with Crippen LogP contribution in [0.1, 0.15) is 13.3 Å². The Morgan fingerprint density at radius 1 is 1.43 bits per heavy atom. The first kappa shape index (κ1) is 15.3. The van der Waals surface area contributed by atoms with Gasteiger partial charge in [-0.2, -0.15) is 0 Å². The number of nitrogens with one attached hydrogen (secondary N) is 1. The number of amides is 2. The average molecular weight is 311 g/mol. The summed E-state index contributed by atoms with van der Waals surface area (Å²) in [6.07, 6.45) is 0.0820. The zero-order chi connectivity index (χ0) is 15.6. The van der Waals surface area contributed by atoms with Crippen molar-refractivity contribution in [1.29, 1.82) is 0 Å². The number of halogens is 1. The number of carbonyl (C=O) groups is 3. The minimum atomic E-state index is -0.508. The normalized spacial score (nSPS) is 17.8. The fourth-order valence-corrected chi connectivity index (χ4v) is 2.45. The Labute approximate surface area is 127 Å². The van der Waals surface area contributed by atoms with E-state index in [9.17, 15) is 14.4 Å². The minimum absolute atomic E-state index is 0.0820. The molecule has 2 rings (SSSR count). The lowest BCUT2D eigenvalue weighted by Gasteiger charge is -2.20. The van der Waals surface area contributed by atoms with E-state index in [1.54, 1.807) is 18.2 Å². The van der Waals surface area contributed by atoms with Gasteiger partial charge in [0.25, 0.3) is 0 Å². The van der Waals surface area contributed by atoms with Crippen molar-refractivity contribution in [3.8, 4) is 0 Å². The molecule has 21 heavy (non-hydrogen) atoms. The first-order valence-electron chi connectivity index (χ1n) is 6.37. The monoisotopic (exact) mass is 310 g/mol. The molecule has 2 amide bonds. The highest BCUT2D eigenvalue weighted by molar-refractivity contribution is 6.31. The van der Waals surface area contributed by atoms with Crippen LogP contribution in [0.5, 0.6) is 0 Å². The molecule has 1 heterocycles. The number of benzene rings is 1. The standard InChI is InChI=1S/C14H15ClN2O4/c1-8(18)16-11-4-3-10(15)6-12(11)17-7-9(5-13(17)19)14(20)21-2/h3-4,6,9H,5,7H2,1-2H3,(H,16,18). The van der Waals surface area contributed by atoms with Gasteiger partial charge < -0.3 is 15.0 Å².